The molecule has 0 spiro atoms. The van der Waals surface area contributed by atoms with Crippen LogP contribution < -0.4 is 0 Å². The van der Waals surface area contributed by atoms with Crippen molar-refractivity contribution >= 4 is 0 Å². The first-order chi connectivity index (χ1) is 7.84. The molecule has 2 unspecified atom stereocenters. The Balaban J connectivity index is 2.35. The van der Waals surface area contributed by atoms with E-state index >= 15 is 0 Å². The summed E-state index contributed by atoms with van der Waals surface area (Å²) < 4.78 is 37.0. The molecule has 1 saturated heterocycles. The highest BCUT2D eigenvalue weighted by Gasteiger charge is 2.44. The van der Waals surface area contributed by atoms with Crippen LogP contribution in [0.2, 0.25) is 0 Å². The van der Waals surface area contributed by atoms with E-state index in [1.807, 2.05) is 0 Å². The molecule has 2 atom stereocenters. The Morgan fingerprint density at radius 2 is 1.82 bits per heavy atom. The SMILES string of the molecule is CCC(C)CN1CCC(C(O)C(F)(F)F)CC1. The molecule has 2 nitrogen and oxygen atoms in total. The van der Waals surface area contributed by atoms with Crippen LogP contribution in [0.25, 0.3) is 0 Å². The summed E-state index contributed by atoms with van der Waals surface area (Å²) in [4.78, 5) is 2.20. The van der Waals surface area contributed by atoms with Crippen LogP contribution in [0.15, 0.2) is 0 Å². The van der Waals surface area contributed by atoms with Gasteiger partial charge in [-0.1, -0.05) is 20.3 Å². The fourth-order valence-electron chi connectivity index (χ4n) is 2.29. The molecule has 1 aliphatic rings. The van der Waals surface area contributed by atoms with Gasteiger partial charge in [0.1, 0.15) is 0 Å². The highest BCUT2D eigenvalue weighted by atomic mass is 19.4. The second-order valence-electron chi connectivity index (χ2n) is 5.14. The second-order valence-corrected chi connectivity index (χ2v) is 5.14. The van der Waals surface area contributed by atoms with Crippen LogP contribution in [0.4, 0.5) is 13.2 Å². The number of halogens is 3. The van der Waals surface area contributed by atoms with Crippen molar-refractivity contribution in [2.24, 2.45) is 11.8 Å². The van der Waals surface area contributed by atoms with Gasteiger partial charge in [0.2, 0.25) is 0 Å². The quantitative estimate of drug-likeness (QED) is 0.832. The van der Waals surface area contributed by atoms with Gasteiger partial charge < -0.3 is 10.0 Å². The minimum Gasteiger partial charge on any atom is -0.383 e. The number of nitrogens with zero attached hydrogens (tertiary/aromatic N) is 1. The van der Waals surface area contributed by atoms with E-state index in [1.54, 1.807) is 0 Å². The number of rotatable bonds is 4. The molecule has 1 rings (SSSR count). The van der Waals surface area contributed by atoms with Crippen LogP contribution in [0.5, 0.6) is 0 Å². The van der Waals surface area contributed by atoms with Gasteiger partial charge in [-0.2, -0.15) is 13.2 Å². The first kappa shape index (κ1) is 14.8. The lowest BCUT2D eigenvalue weighted by atomic mass is 9.90. The average Bonchev–Trinajstić information content (AvgIpc) is 2.27. The molecular weight excluding hydrogens is 231 g/mol. The molecule has 1 aliphatic heterocycles. The Morgan fingerprint density at radius 3 is 2.24 bits per heavy atom. The maximum absolute atomic E-state index is 12.3. The molecule has 0 amide bonds. The van der Waals surface area contributed by atoms with E-state index < -0.39 is 18.2 Å². The smallest absolute Gasteiger partial charge is 0.383 e. The topological polar surface area (TPSA) is 23.5 Å². The summed E-state index contributed by atoms with van der Waals surface area (Å²) in [7, 11) is 0. The van der Waals surface area contributed by atoms with E-state index in [2.05, 4.69) is 18.7 Å². The van der Waals surface area contributed by atoms with E-state index in [0.29, 0.717) is 31.8 Å². The third-order valence-corrected chi connectivity index (χ3v) is 3.68. The van der Waals surface area contributed by atoms with Gasteiger partial charge in [0.25, 0.3) is 0 Å². The molecule has 1 N–H and O–H groups in total. The summed E-state index contributed by atoms with van der Waals surface area (Å²) in [5.74, 6) is -0.0396. The molecule has 0 aromatic heterocycles. The van der Waals surface area contributed by atoms with E-state index in [9.17, 15) is 18.3 Å². The molecule has 0 aromatic carbocycles. The fourth-order valence-corrected chi connectivity index (χ4v) is 2.29. The molecule has 0 aliphatic carbocycles. The first-order valence-corrected chi connectivity index (χ1v) is 6.31. The van der Waals surface area contributed by atoms with Crippen molar-refractivity contribution in [1.29, 1.82) is 0 Å². The number of likely N-dealkylation sites (tertiary alicyclic amines) is 1. The first-order valence-electron chi connectivity index (χ1n) is 6.31. The number of hydrogen-bond donors (Lipinski definition) is 1. The zero-order valence-electron chi connectivity index (χ0n) is 10.5. The summed E-state index contributed by atoms with van der Waals surface area (Å²) in [6.45, 7) is 6.55. The number of piperidine rings is 1. The van der Waals surface area contributed by atoms with Crippen molar-refractivity contribution in [3.05, 3.63) is 0 Å². The Hall–Kier alpha value is -0.290. The number of alkyl halides is 3. The summed E-state index contributed by atoms with van der Waals surface area (Å²) in [5.41, 5.74) is 0. The van der Waals surface area contributed by atoms with Crippen molar-refractivity contribution in [1.82, 2.24) is 4.90 Å². The van der Waals surface area contributed by atoms with Gasteiger partial charge in [0.05, 0.1) is 0 Å². The maximum Gasteiger partial charge on any atom is 0.414 e. The lowest BCUT2D eigenvalue weighted by molar-refractivity contribution is -0.223. The summed E-state index contributed by atoms with van der Waals surface area (Å²) in [5, 5.41) is 9.18. The molecule has 0 saturated carbocycles. The normalized spacial score (nSPS) is 23.6. The minimum atomic E-state index is -4.47. The molecule has 0 bridgehead atoms. The standard InChI is InChI=1S/C12H22F3NO/c1-3-9(2)8-16-6-4-10(5-7-16)11(17)12(13,14)15/h9-11,17H,3-8H2,1-2H3. The third kappa shape index (κ3) is 4.47. The van der Waals surface area contributed by atoms with Crippen LogP contribution in [-0.2, 0) is 0 Å². The van der Waals surface area contributed by atoms with E-state index in [4.69, 9.17) is 0 Å². The zero-order chi connectivity index (χ0) is 13.1. The van der Waals surface area contributed by atoms with E-state index in [1.165, 1.54) is 0 Å². The monoisotopic (exact) mass is 253 g/mol. The van der Waals surface area contributed by atoms with Crippen molar-refractivity contribution in [2.45, 2.75) is 45.4 Å². The Morgan fingerprint density at radius 1 is 1.29 bits per heavy atom. The number of hydrogen-bond acceptors (Lipinski definition) is 2. The predicted molar refractivity (Wildman–Crippen MR) is 60.7 cm³/mol. The Bertz CT molecular complexity index is 224. The van der Waals surface area contributed by atoms with Gasteiger partial charge in [-0.25, -0.2) is 0 Å². The lowest BCUT2D eigenvalue weighted by Gasteiger charge is -2.35. The highest BCUT2D eigenvalue weighted by molar-refractivity contribution is 4.81. The van der Waals surface area contributed by atoms with Crippen LogP contribution >= 0.6 is 0 Å². The molecule has 0 aromatic rings. The summed E-state index contributed by atoms with van der Waals surface area (Å²) in [6.07, 6.45) is -4.64. The van der Waals surface area contributed by atoms with Crippen LogP contribution in [0.1, 0.15) is 33.1 Å². The molecule has 0 radical (unpaired) electrons. The van der Waals surface area contributed by atoms with Crippen molar-refractivity contribution in [2.75, 3.05) is 19.6 Å². The summed E-state index contributed by atoms with van der Waals surface area (Å²) in [6, 6.07) is 0. The molecular formula is C12H22F3NO. The maximum atomic E-state index is 12.3. The van der Waals surface area contributed by atoms with Crippen LogP contribution in [0.3, 0.4) is 0 Å². The van der Waals surface area contributed by atoms with Crippen molar-refractivity contribution in [3.8, 4) is 0 Å². The van der Waals surface area contributed by atoms with Crippen molar-refractivity contribution < 1.29 is 18.3 Å². The molecule has 1 fully saturated rings. The fraction of sp³-hybridized carbons (Fsp3) is 1.00. The minimum absolute atomic E-state index is 0.442. The molecule has 17 heavy (non-hydrogen) atoms. The van der Waals surface area contributed by atoms with Gasteiger partial charge in [0.15, 0.2) is 6.10 Å². The zero-order valence-corrected chi connectivity index (χ0v) is 10.5. The van der Waals surface area contributed by atoms with Gasteiger partial charge in [0, 0.05) is 6.54 Å². The number of aliphatic hydroxyl groups is 1. The van der Waals surface area contributed by atoms with E-state index in [-0.39, 0.29) is 0 Å². The second kappa shape index (κ2) is 6.05. The average molecular weight is 253 g/mol. The van der Waals surface area contributed by atoms with Gasteiger partial charge in [-0.05, 0) is 37.8 Å². The third-order valence-electron chi connectivity index (χ3n) is 3.68. The summed E-state index contributed by atoms with van der Waals surface area (Å²) >= 11 is 0. The van der Waals surface area contributed by atoms with Gasteiger partial charge in [-0.3, -0.25) is 0 Å². The molecule has 5 heteroatoms. The highest BCUT2D eigenvalue weighted by Crippen LogP contribution is 2.31. The molecule has 1 heterocycles. The van der Waals surface area contributed by atoms with Gasteiger partial charge in [-0.15, -0.1) is 0 Å². The van der Waals surface area contributed by atoms with Gasteiger partial charge >= 0.3 is 6.18 Å². The van der Waals surface area contributed by atoms with E-state index in [0.717, 1.165) is 13.0 Å². The largest absolute Gasteiger partial charge is 0.414 e. The van der Waals surface area contributed by atoms with Crippen LogP contribution in [0, 0.1) is 11.8 Å². The van der Waals surface area contributed by atoms with Crippen molar-refractivity contribution in [3.63, 3.8) is 0 Å². The number of aliphatic hydroxyl groups excluding tert-OH is 1. The Labute approximate surface area is 101 Å². The lowest BCUT2D eigenvalue weighted by Crippen LogP contribution is -2.44. The predicted octanol–water partition coefficient (Wildman–Crippen LogP) is 2.67. The molecule has 102 valence electrons. The Kier molecular flexibility index (Phi) is 5.25. The van der Waals surface area contributed by atoms with Crippen LogP contribution in [-0.4, -0.2) is 41.9 Å².